The van der Waals surface area contributed by atoms with Gasteiger partial charge in [-0.1, -0.05) is 55.5 Å². The van der Waals surface area contributed by atoms with Crippen LogP contribution >= 0.6 is 0 Å². The van der Waals surface area contributed by atoms with E-state index in [1.165, 1.54) is 18.7 Å². The van der Waals surface area contributed by atoms with Gasteiger partial charge >= 0.3 is 5.97 Å². The number of nitrogens with one attached hydrogen (secondary N) is 1. The van der Waals surface area contributed by atoms with Crippen LogP contribution in [0.1, 0.15) is 42.2 Å². The zero-order chi connectivity index (χ0) is 22.2. The molecule has 7 heteroatoms. The van der Waals surface area contributed by atoms with Gasteiger partial charge in [0.25, 0.3) is 5.91 Å². The van der Waals surface area contributed by atoms with Crippen molar-refractivity contribution in [1.82, 2.24) is 15.1 Å². The van der Waals surface area contributed by atoms with Crippen molar-refractivity contribution < 1.29 is 19.1 Å². The highest BCUT2D eigenvalue weighted by molar-refractivity contribution is 5.92. The normalized spacial score (nSPS) is 12.6. The van der Waals surface area contributed by atoms with Gasteiger partial charge in [-0.3, -0.25) is 4.79 Å². The van der Waals surface area contributed by atoms with Crippen molar-refractivity contribution in [3.8, 4) is 11.4 Å². The van der Waals surface area contributed by atoms with E-state index in [-0.39, 0.29) is 23.3 Å². The van der Waals surface area contributed by atoms with Crippen molar-refractivity contribution in [3.63, 3.8) is 0 Å². The number of carbonyl (C=O) groups is 2. The van der Waals surface area contributed by atoms with E-state index in [1.807, 2.05) is 60.7 Å². The minimum atomic E-state index is -0.965. The van der Waals surface area contributed by atoms with Crippen molar-refractivity contribution in [1.29, 1.82) is 0 Å². The Morgan fingerprint density at radius 3 is 2.32 bits per heavy atom. The Morgan fingerprint density at radius 1 is 1.06 bits per heavy atom. The molecule has 0 saturated heterocycles. The van der Waals surface area contributed by atoms with Crippen LogP contribution < -0.4 is 10.1 Å². The third-order valence-corrected chi connectivity index (χ3v) is 5.05. The standard InChI is InChI=1S/C24H27N3O4/c1-4-18(19-11-7-5-8-12-19)15-25-23(28)17(2)31-24(29)22-21(30-3)16-27(26-22)20-13-9-6-10-14-20/h5-14,16-18H,4,15H2,1-3H3,(H,25,28)/t17-,18-/m0/s1. The van der Waals surface area contributed by atoms with Gasteiger partial charge in [-0.15, -0.1) is 0 Å². The Balaban J connectivity index is 1.62. The van der Waals surface area contributed by atoms with E-state index < -0.39 is 12.1 Å². The Kier molecular flexibility index (Phi) is 7.43. The average Bonchev–Trinajstić information content (AvgIpc) is 3.25. The first-order valence-corrected chi connectivity index (χ1v) is 10.3. The first-order valence-electron chi connectivity index (χ1n) is 10.3. The lowest BCUT2D eigenvalue weighted by Gasteiger charge is -2.18. The Bertz CT molecular complexity index is 1000. The number of nitrogens with zero attached hydrogens (tertiary/aromatic N) is 2. The molecule has 2 atom stereocenters. The molecule has 3 aromatic rings. The number of hydrogen-bond acceptors (Lipinski definition) is 5. The molecule has 0 aliphatic rings. The van der Waals surface area contributed by atoms with Gasteiger partial charge in [0.05, 0.1) is 19.0 Å². The lowest BCUT2D eigenvalue weighted by molar-refractivity contribution is -0.129. The van der Waals surface area contributed by atoms with Crippen molar-refractivity contribution in [3.05, 3.63) is 78.1 Å². The summed E-state index contributed by atoms with van der Waals surface area (Å²) in [6.07, 6.45) is 1.52. The maximum absolute atomic E-state index is 12.6. The molecular formula is C24H27N3O4. The summed E-state index contributed by atoms with van der Waals surface area (Å²) in [5.41, 5.74) is 1.95. The van der Waals surface area contributed by atoms with E-state index >= 15 is 0 Å². The zero-order valence-corrected chi connectivity index (χ0v) is 17.9. The number of esters is 1. The van der Waals surface area contributed by atoms with E-state index in [0.29, 0.717) is 6.54 Å². The van der Waals surface area contributed by atoms with Crippen molar-refractivity contribution >= 4 is 11.9 Å². The van der Waals surface area contributed by atoms with E-state index in [9.17, 15) is 9.59 Å². The molecule has 0 bridgehead atoms. The van der Waals surface area contributed by atoms with E-state index in [2.05, 4.69) is 17.3 Å². The molecule has 0 aliphatic heterocycles. The van der Waals surface area contributed by atoms with E-state index in [4.69, 9.17) is 9.47 Å². The number of amides is 1. The molecule has 0 aliphatic carbocycles. The minimum absolute atomic E-state index is 0.0155. The first-order chi connectivity index (χ1) is 15.0. The highest BCUT2D eigenvalue weighted by Gasteiger charge is 2.25. The van der Waals surface area contributed by atoms with Crippen molar-refractivity contribution in [2.75, 3.05) is 13.7 Å². The lowest BCUT2D eigenvalue weighted by Crippen LogP contribution is -2.38. The third-order valence-electron chi connectivity index (χ3n) is 5.05. The van der Waals surface area contributed by atoms with E-state index in [0.717, 1.165) is 17.7 Å². The van der Waals surface area contributed by atoms with Gasteiger partial charge in [-0.2, -0.15) is 5.10 Å². The van der Waals surface area contributed by atoms with Crippen LogP contribution in [-0.2, 0) is 9.53 Å². The molecule has 0 saturated carbocycles. The van der Waals surface area contributed by atoms with Crippen molar-refractivity contribution in [2.24, 2.45) is 0 Å². The first kappa shape index (κ1) is 22.1. The number of para-hydroxylation sites is 1. The van der Waals surface area contributed by atoms with Crippen LogP contribution in [0, 0.1) is 0 Å². The van der Waals surface area contributed by atoms with Gasteiger partial charge in [0.1, 0.15) is 0 Å². The lowest BCUT2D eigenvalue weighted by atomic mass is 9.96. The molecule has 1 heterocycles. The maximum Gasteiger partial charge on any atom is 0.363 e. The molecule has 1 N–H and O–H groups in total. The van der Waals surface area contributed by atoms with Crippen LogP contribution in [0.2, 0.25) is 0 Å². The molecule has 0 fully saturated rings. The van der Waals surface area contributed by atoms with E-state index in [1.54, 1.807) is 6.20 Å². The van der Waals surface area contributed by atoms with Crippen LogP contribution in [0.5, 0.6) is 5.75 Å². The summed E-state index contributed by atoms with van der Waals surface area (Å²) in [6, 6.07) is 19.3. The average molecular weight is 421 g/mol. The second-order valence-electron chi connectivity index (χ2n) is 7.13. The smallest absolute Gasteiger partial charge is 0.363 e. The fourth-order valence-electron chi connectivity index (χ4n) is 3.22. The Hall–Kier alpha value is -3.61. The molecule has 31 heavy (non-hydrogen) atoms. The number of benzene rings is 2. The second kappa shape index (κ2) is 10.4. The Labute approximate surface area is 182 Å². The van der Waals surface area contributed by atoms with Gasteiger partial charge in [-0.05, 0) is 31.0 Å². The van der Waals surface area contributed by atoms with Gasteiger partial charge < -0.3 is 14.8 Å². The summed E-state index contributed by atoms with van der Waals surface area (Å²) >= 11 is 0. The molecule has 162 valence electrons. The molecule has 0 unspecified atom stereocenters. The molecule has 0 radical (unpaired) electrons. The SMILES string of the molecule is CC[C@@H](CNC(=O)[C@H](C)OC(=O)c1nn(-c2ccccc2)cc1OC)c1ccccc1. The summed E-state index contributed by atoms with van der Waals surface area (Å²) in [5, 5.41) is 7.15. The van der Waals surface area contributed by atoms with Gasteiger partial charge in [-0.25, -0.2) is 9.48 Å². The topological polar surface area (TPSA) is 82.5 Å². The summed E-state index contributed by atoms with van der Waals surface area (Å²) in [6.45, 7) is 4.08. The molecule has 3 rings (SSSR count). The predicted molar refractivity (Wildman–Crippen MR) is 117 cm³/mol. The van der Waals surface area contributed by atoms with Crippen LogP contribution in [0.3, 0.4) is 0 Å². The number of rotatable bonds is 9. The molecule has 7 nitrogen and oxygen atoms in total. The highest BCUT2D eigenvalue weighted by Crippen LogP contribution is 2.21. The number of methoxy groups -OCH3 is 1. The number of ether oxygens (including phenoxy) is 2. The Morgan fingerprint density at radius 2 is 1.71 bits per heavy atom. The largest absolute Gasteiger partial charge is 0.493 e. The summed E-state index contributed by atoms with van der Waals surface area (Å²) < 4.78 is 12.2. The molecule has 1 amide bonds. The summed E-state index contributed by atoms with van der Waals surface area (Å²) in [5.74, 6) is -0.611. The fraction of sp³-hybridized carbons (Fsp3) is 0.292. The number of hydrogen-bond donors (Lipinski definition) is 1. The van der Waals surface area contributed by atoms with Gasteiger partial charge in [0.2, 0.25) is 5.69 Å². The quantitative estimate of drug-likeness (QED) is 0.532. The molecule has 2 aromatic carbocycles. The minimum Gasteiger partial charge on any atom is -0.493 e. The molecule has 0 spiro atoms. The zero-order valence-electron chi connectivity index (χ0n) is 17.9. The van der Waals surface area contributed by atoms with Crippen LogP contribution in [-0.4, -0.2) is 41.4 Å². The number of carbonyl (C=O) groups excluding carboxylic acids is 2. The third kappa shape index (κ3) is 5.51. The maximum atomic E-state index is 12.6. The summed E-state index contributed by atoms with van der Waals surface area (Å²) in [7, 11) is 1.45. The molecular weight excluding hydrogens is 394 g/mol. The monoisotopic (exact) mass is 421 g/mol. The van der Waals surface area contributed by atoms with Gasteiger partial charge in [0, 0.05) is 12.5 Å². The van der Waals surface area contributed by atoms with Crippen molar-refractivity contribution in [2.45, 2.75) is 32.3 Å². The van der Waals surface area contributed by atoms with Gasteiger partial charge in [0.15, 0.2) is 11.9 Å². The second-order valence-corrected chi connectivity index (χ2v) is 7.13. The van der Waals surface area contributed by atoms with Crippen LogP contribution in [0.15, 0.2) is 66.9 Å². The fourth-order valence-corrected chi connectivity index (χ4v) is 3.22. The highest BCUT2D eigenvalue weighted by atomic mass is 16.6. The van der Waals surface area contributed by atoms with Crippen LogP contribution in [0.4, 0.5) is 0 Å². The van der Waals surface area contributed by atoms with Crippen LogP contribution in [0.25, 0.3) is 5.69 Å². The molecule has 1 aromatic heterocycles. The summed E-state index contributed by atoms with van der Waals surface area (Å²) in [4.78, 5) is 25.1. The predicted octanol–water partition coefficient (Wildman–Crippen LogP) is 3.74. The number of aromatic nitrogens is 2.